The van der Waals surface area contributed by atoms with E-state index < -0.39 is 8.25 Å². The van der Waals surface area contributed by atoms with E-state index in [1.807, 2.05) is 0 Å². The van der Waals surface area contributed by atoms with Crippen LogP contribution in [0.5, 0.6) is 0 Å². The Balaban J connectivity index is 3.01. The molecule has 0 rings (SSSR count). The second-order valence-electron chi connectivity index (χ2n) is 3.12. The first-order chi connectivity index (χ1) is 6.81. The molecule has 0 spiro atoms. The minimum atomic E-state index is -1.98. The lowest BCUT2D eigenvalue weighted by Crippen LogP contribution is -1.99. The Hall–Kier alpha value is -0.0200. The van der Waals surface area contributed by atoms with E-state index in [1.54, 1.807) is 0 Å². The van der Waals surface area contributed by atoms with Gasteiger partial charge in [0.2, 0.25) is 0 Å². The zero-order chi connectivity index (χ0) is 10.6. The number of hydrogen-bond acceptors (Lipinski definition) is 4. The second kappa shape index (κ2) is 11.1. The average molecular weight is 222 g/mol. The molecule has 1 atom stereocenters. The normalized spacial score (nSPS) is 11.7. The summed E-state index contributed by atoms with van der Waals surface area (Å²) >= 11 is 0. The average Bonchev–Trinajstić information content (AvgIpc) is 2.17. The summed E-state index contributed by atoms with van der Waals surface area (Å²) in [6, 6.07) is 0. The number of unbranched alkanes of at least 4 members (excludes halogenated alkanes) is 5. The van der Waals surface area contributed by atoms with Crippen LogP contribution in [0.15, 0.2) is 0 Å². The standard InChI is InChI=1S/C9H21NO3P/c1-2-3-4-5-6-7-8-12-14(11)13-9-10/h2-10H2,1H3/q+1. The molecule has 0 radical (unpaired) electrons. The van der Waals surface area contributed by atoms with Crippen molar-refractivity contribution < 1.29 is 13.6 Å². The van der Waals surface area contributed by atoms with Gasteiger partial charge < -0.3 is 5.73 Å². The fraction of sp³-hybridized carbons (Fsp3) is 1.00. The van der Waals surface area contributed by atoms with E-state index >= 15 is 0 Å². The lowest BCUT2D eigenvalue weighted by atomic mass is 10.1. The predicted octanol–water partition coefficient (Wildman–Crippen LogP) is 2.95. The van der Waals surface area contributed by atoms with Gasteiger partial charge >= 0.3 is 8.25 Å². The molecule has 0 fully saturated rings. The molecule has 0 aromatic rings. The fourth-order valence-corrected chi connectivity index (χ4v) is 1.59. The molecule has 0 amide bonds. The third-order valence-corrected chi connectivity index (χ3v) is 2.63. The number of nitrogens with two attached hydrogens (primary N) is 1. The van der Waals surface area contributed by atoms with Crippen LogP contribution in [0.25, 0.3) is 0 Å². The van der Waals surface area contributed by atoms with Crippen LogP contribution in [0.2, 0.25) is 0 Å². The van der Waals surface area contributed by atoms with Gasteiger partial charge in [-0.05, 0) is 6.42 Å². The van der Waals surface area contributed by atoms with E-state index in [2.05, 4.69) is 11.4 Å². The molecule has 84 valence electrons. The van der Waals surface area contributed by atoms with Crippen molar-refractivity contribution in [2.24, 2.45) is 5.73 Å². The van der Waals surface area contributed by atoms with Gasteiger partial charge in [0.1, 0.15) is 6.61 Å². The molecule has 0 saturated heterocycles. The molecule has 0 heterocycles. The summed E-state index contributed by atoms with van der Waals surface area (Å²) in [5.74, 6) is 0. The molecule has 1 unspecified atom stereocenters. The molecular weight excluding hydrogens is 201 g/mol. The largest absolute Gasteiger partial charge is 0.698 e. The van der Waals surface area contributed by atoms with Crippen molar-refractivity contribution in [1.29, 1.82) is 0 Å². The maximum absolute atomic E-state index is 10.8. The first kappa shape index (κ1) is 14.0. The summed E-state index contributed by atoms with van der Waals surface area (Å²) in [6.07, 6.45) is 7.14. The SMILES string of the molecule is CCCCCCCCO[P+](=O)OCN. The molecule has 0 saturated carbocycles. The Bertz CT molecular complexity index is 144. The van der Waals surface area contributed by atoms with Crippen molar-refractivity contribution in [3.63, 3.8) is 0 Å². The molecule has 0 aliphatic carbocycles. The van der Waals surface area contributed by atoms with Crippen molar-refractivity contribution in [3.05, 3.63) is 0 Å². The Labute approximate surface area is 87.1 Å². The molecule has 0 aromatic carbocycles. The van der Waals surface area contributed by atoms with Crippen LogP contribution in [-0.2, 0) is 13.6 Å². The van der Waals surface area contributed by atoms with Crippen molar-refractivity contribution in [2.75, 3.05) is 13.3 Å². The number of rotatable bonds is 10. The molecule has 4 nitrogen and oxygen atoms in total. The molecule has 0 bridgehead atoms. The molecule has 2 N–H and O–H groups in total. The highest BCUT2D eigenvalue weighted by Crippen LogP contribution is 2.22. The summed E-state index contributed by atoms with van der Waals surface area (Å²) < 4.78 is 20.2. The summed E-state index contributed by atoms with van der Waals surface area (Å²) in [5.41, 5.74) is 5.03. The summed E-state index contributed by atoms with van der Waals surface area (Å²) in [6.45, 7) is 2.64. The fourth-order valence-electron chi connectivity index (χ4n) is 1.12. The predicted molar refractivity (Wildman–Crippen MR) is 57.1 cm³/mol. The van der Waals surface area contributed by atoms with E-state index in [1.165, 1.54) is 25.7 Å². The quantitative estimate of drug-likeness (QED) is 0.350. The minimum absolute atomic E-state index is 0.0499. The number of hydrogen-bond donors (Lipinski definition) is 1. The van der Waals surface area contributed by atoms with E-state index in [-0.39, 0.29) is 6.73 Å². The van der Waals surface area contributed by atoms with Crippen molar-refractivity contribution in [3.8, 4) is 0 Å². The first-order valence-electron chi connectivity index (χ1n) is 5.24. The van der Waals surface area contributed by atoms with Crippen molar-refractivity contribution >= 4 is 8.25 Å². The Kier molecular flexibility index (Phi) is 11.0. The highest BCUT2D eigenvalue weighted by molar-refractivity contribution is 7.33. The van der Waals surface area contributed by atoms with Gasteiger partial charge in [-0.2, -0.15) is 0 Å². The van der Waals surface area contributed by atoms with Crippen LogP contribution in [0, 0.1) is 0 Å². The molecule has 0 aliphatic rings. The monoisotopic (exact) mass is 222 g/mol. The lowest BCUT2D eigenvalue weighted by molar-refractivity contribution is 0.226. The van der Waals surface area contributed by atoms with Gasteiger partial charge in [-0.25, -0.2) is 0 Å². The first-order valence-corrected chi connectivity index (χ1v) is 6.34. The third-order valence-electron chi connectivity index (χ3n) is 1.87. The molecule has 0 aromatic heterocycles. The van der Waals surface area contributed by atoms with Gasteiger partial charge in [-0.15, -0.1) is 9.05 Å². The van der Waals surface area contributed by atoms with Gasteiger partial charge in [0.05, 0.1) is 0 Å². The van der Waals surface area contributed by atoms with Crippen LogP contribution < -0.4 is 5.73 Å². The van der Waals surface area contributed by atoms with E-state index in [4.69, 9.17) is 10.3 Å². The van der Waals surface area contributed by atoms with Crippen LogP contribution in [0.1, 0.15) is 45.4 Å². The van der Waals surface area contributed by atoms with Gasteiger partial charge in [0, 0.05) is 4.57 Å². The second-order valence-corrected chi connectivity index (χ2v) is 4.08. The van der Waals surface area contributed by atoms with Crippen molar-refractivity contribution in [2.45, 2.75) is 45.4 Å². The van der Waals surface area contributed by atoms with Crippen LogP contribution >= 0.6 is 8.25 Å². The topological polar surface area (TPSA) is 61.5 Å². The van der Waals surface area contributed by atoms with Crippen LogP contribution in [-0.4, -0.2) is 13.3 Å². The molecular formula is C9H21NO3P+. The van der Waals surface area contributed by atoms with Gasteiger partial charge in [0.15, 0.2) is 6.73 Å². The zero-order valence-corrected chi connectivity index (χ0v) is 9.80. The highest BCUT2D eigenvalue weighted by atomic mass is 31.1. The Morgan fingerprint density at radius 1 is 1.07 bits per heavy atom. The smallest absolute Gasteiger partial charge is 0.304 e. The van der Waals surface area contributed by atoms with Crippen LogP contribution in [0.4, 0.5) is 0 Å². The van der Waals surface area contributed by atoms with Crippen LogP contribution in [0.3, 0.4) is 0 Å². The highest BCUT2D eigenvalue weighted by Gasteiger charge is 2.17. The summed E-state index contributed by atoms with van der Waals surface area (Å²) in [7, 11) is -1.98. The van der Waals surface area contributed by atoms with Crippen molar-refractivity contribution in [1.82, 2.24) is 0 Å². The van der Waals surface area contributed by atoms with E-state index in [9.17, 15) is 4.57 Å². The maximum Gasteiger partial charge on any atom is 0.698 e. The molecule has 5 heteroatoms. The lowest BCUT2D eigenvalue weighted by Gasteiger charge is -1.96. The molecule has 0 aliphatic heterocycles. The Morgan fingerprint density at radius 2 is 1.71 bits per heavy atom. The summed E-state index contributed by atoms with van der Waals surface area (Å²) in [5, 5.41) is 0. The maximum atomic E-state index is 10.8. The van der Waals surface area contributed by atoms with Gasteiger partial charge in [-0.1, -0.05) is 39.0 Å². The van der Waals surface area contributed by atoms with E-state index in [0.29, 0.717) is 6.61 Å². The molecule has 14 heavy (non-hydrogen) atoms. The van der Waals surface area contributed by atoms with Gasteiger partial charge in [0.25, 0.3) is 0 Å². The van der Waals surface area contributed by atoms with Gasteiger partial charge in [-0.3, -0.25) is 0 Å². The van der Waals surface area contributed by atoms with E-state index in [0.717, 1.165) is 12.8 Å². The minimum Gasteiger partial charge on any atom is -0.304 e. The third kappa shape index (κ3) is 10.1. The Morgan fingerprint density at radius 3 is 2.36 bits per heavy atom. The summed E-state index contributed by atoms with van der Waals surface area (Å²) in [4.78, 5) is 0. The zero-order valence-electron chi connectivity index (χ0n) is 8.91.